The minimum atomic E-state index is -1.40. The number of fused-ring (bicyclic) bond motifs is 1. The Kier molecular flexibility index (Phi) is 3.50. The maximum atomic E-state index is 10.3. The molecule has 1 saturated heterocycles. The summed E-state index contributed by atoms with van der Waals surface area (Å²) in [5.74, 6) is -0.290. The van der Waals surface area contributed by atoms with Gasteiger partial charge in [-0.3, -0.25) is 4.57 Å². The van der Waals surface area contributed by atoms with Crippen molar-refractivity contribution in [1.82, 2.24) is 19.5 Å². The number of ether oxygens (including phenoxy) is 1. The number of hydrogen-bond donors (Lipinski definition) is 4. The van der Waals surface area contributed by atoms with Crippen LogP contribution in [0.4, 0.5) is 0 Å². The van der Waals surface area contributed by atoms with E-state index in [1.165, 1.54) is 10.9 Å². The van der Waals surface area contributed by atoms with Crippen LogP contribution in [0.15, 0.2) is 12.7 Å². The number of aliphatic hydroxyl groups is 3. The third kappa shape index (κ3) is 1.91. The average Bonchev–Trinajstić information content (AvgIpc) is 3.03. The monoisotopic (exact) mass is 314 g/mol. The highest BCUT2D eigenvalue weighted by molar-refractivity contribution is 7.99. The van der Waals surface area contributed by atoms with Gasteiger partial charge in [0, 0.05) is 0 Å². The van der Waals surface area contributed by atoms with Crippen LogP contribution in [0, 0.1) is 0 Å². The number of hydrogen-bond acceptors (Lipinski definition) is 9. The first-order valence-electron chi connectivity index (χ1n) is 6.12. The molecule has 4 atom stereocenters. The van der Waals surface area contributed by atoms with E-state index in [0.29, 0.717) is 0 Å². The van der Waals surface area contributed by atoms with E-state index in [4.69, 9.17) is 4.74 Å². The fourth-order valence-electron chi connectivity index (χ4n) is 2.44. The quantitative estimate of drug-likeness (QED) is 0.540. The Balaban J connectivity index is 2.17. The normalized spacial score (nSPS) is 32.9. The Hall–Kier alpha value is -1.46. The molecule has 114 valence electrons. The van der Waals surface area contributed by atoms with Gasteiger partial charge in [0.05, 0.1) is 6.61 Å². The van der Waals surface area contributed by atoms with Crippen LogP contribution in [-0.2, 0) is 9.79 Å². The van der Waals surface area contributed by atoms with Gasteiger partial charge in [-0.2, -0.15) is 4.98 Å². The maximum Gasteiger partial charge on any atom is 0.242 e. The molecular formula is C11H14N4O5S. The summed E-state index contributed by atoms with van der Waals surface area (Å²) in [6.45, 7) is -0.437. The summed E-state index contributed by atoms with van der Waals surface area (Å²) in [4.78, 5) is 11.7. The summed E-state index contributed by atoms with van der Waals surface area (Å²) in [5.41, 5.74) is 0.408. The van der Waals surface area contributed by atoms with Crippen molar-refractivity contribution in [1.29, 1.82) is 0 Å². The summed E-state index contributed by atoms with van der Waals surface area (Å²) in [6.07, 6.45) is 0.689. The van der Waals surface area contributed by atoms with Gasteiger partial charge in [0.25, 0.3) is 0 Å². The van der Waals surface area contributed by atoms with E-state index in [9.17, 15) is 20.4 Å². The van der Waals surface area contributed by atoms with Crippen LogP contribution < -0.4 is 0 Å². The number of nitrogens with zero attached hydrogens (tertiary/aromatic N) is 4. The first-order chi connectivity index (χ1) is 10.0. The largest absolute Gasteiger partial charge is 0.492 e. The van der Waals surface area contributed by atoms with Gasteiger partial charge in [-0.05, 0) is 6.26 Å². The lowest BCUT2D eigenvalue weighted by Crippen LogP contribution is -2.42. The number of rotatable bonds is 3. The molecule has 10 heteroatoms. The average molecular weight is 314 g/mol. The van der Waals surface area contributed by atoms with E-state index in [-0.39, 0.29) is 17.0 Å². The molecule has 2 aromatic rings. The standard InChI is InChI=1S/C11H14N4O5S/c1-21-11(8(18)7(17)5(2-16)20-11)15-4-14-6-9(15)12-3-13-10(6)19/h3-5,7-8,16-18H,2H2,1H3,(H,12,13,19)/t5-,7-,8-,11+/m1/s1. The molecule has 4 N–H and O–H groups in total. The first-order valence-corrected chi connectivity index (χ1v) is 7.35. The lowest BCUT2D eigenvalue weighted by atomic mass is 10.1. The third-order valence-electron chi connectivity index (χ3n) is 3.52. The van der Waals surface area contributed by atoms with Crippen molar-refractivity contribution in [3.8, 4) is 5.88 Å². The molecule has 0 unspecified atom stereocenters. The highest BCUT2D eigenvalue weighted by atomic mass is 32.2. The molecule has 3 rings (SSSR count). The lowest BCUT2D eigenvalue weighted by Gasteiger charge is -2.31. The van der Waals surface area contributed by atoms with Gasteiger partial charge >= 0.3 is 0 Å². The minimum absolute atomic E-state index is 0.156. The molecule has 1 aliphatic heterocycles. The van der Waals surface area contributed by atoms with Gasteiger partial charge in [0.2, 0.25) is 10.9 Å². The molecule has 2 aromatic heterocycles. The Morgan fingerprint density at radius 1 is 1.38 bits per heavy atom. The smallest absolute Gasteiger partial charge is 0.242 e. The SMILES string of the molecule is CS[C@@]1(n2cnc3c(O)ncnc32)O[C@H](CO)[C@@H](O)[C@H]1O. The molecule has 1 fully saturated rings. The van der Waals surface area contributed by atoms with Crippen molar-refractivity contribution < 1.29 is 25.2 Å². The molecule has 0 radical (unpaired) electrons. The number of imidazole rings is 1. The van der Waals surface area contributed by atoms with E-state index in [2.05, 4.69) is 15.0 Å². The van der Waals surface area contributed by atoms with Crippen LogP contribution in [-0.4, -0.2) is 71.1 Å². The molecule has 0 saturated carbocycles. The fourth-order valence-corrected chi connectivity index (χ4v) is 3.37. The van der Waals surface area contributed by atoms with Gasteiger partial charge < -0.3 is 25.2 Å². The highest BCUT2D eigenvalue weighted by Crippen LogP contribution is 2.44. The summed E-state index contributed by atoms with van der Waals surface area (Å²) in [7, 11) is 0. The Morgan fingerprint density at radius 2 is 2.14 bits per heavy atom. The summed E-state index contributed by atoms with van der Waals surface area (Å²) >= 11 is 1.13. The van der Waals surface area contributed by atoms with Crippen molar-refractivity contribution >= 4 is 22.9 Å². The molecular weight excluding hydrogens is 300 g/mol. The van der Waals surface area contributed by atoms with Gasteiger partial charge in [-0.1, -0.05) is 0 Å². The molecule has 0 aliphatic carbocycles. The molecule has 3 heterocycles. The Morgan fingerprint density at radius 3 is 2.76 bits per heavy atom. The van der Waals surface area contributed by atoms with Crippen molar-refractivity contribution in [2.24, 2.45) is 0 Å². The molecule has 0 bridgehead atoms. The van der Waals surface area contributed by atoms with Crippen LogP contribution in [0.25, 0.3) is 11.2 Å². The van der Waals surface area contributed by atoms with E-state index in [1.54, 1.807) is 6.26 Å². The molecule has 9 nitrogen and oxygen atoms in total. The molecule has 0 amide bonds. The molecule has 0 aromatic carbocycles. The van der Waals surface area contributed by atoms with Crippen LogP contribution in [0.3, 0.4) is 0 Å². The summed E-state index contributed by atoms with van der Waals surface area (Å²) in [6, 6.07) is 0. The number of thioether (sulfide) groups is 1. The zero-order valence-electron chi connectivity index (χ0n) is 11.0. The van der Waals surface area contributed by atoms with E-state index in [0.717, 1.165) is 18.1 Å². The van der Waals surface area contributed by atoms with Gasteiger partial charge in [-0.25, -0.2) is 9.97 Å². The van der Waals surface area contributed by atoms with E-state index in [1.807, 2.05) is 0 Å². The third-order valence-corrected chi connectivity index (χ3v) is 4.64. The second-order valence-corrected chi connectivity index (χ2v) is 5.59. The highest BCUT2D eigenvalue weighted by Gasteiger charge is 2.56. The van der Waals surface area contributed by atoms with Gasteiger partial charge in [0.1, 0.15) is 31.0 Å². The van der Waals surface area contributed by atoms with Crippen LogP contribution in [0.5, 0.6) is 5.88 Å². The van der Waals surface area contributed by atoms with Gasteiger partial charge in [0.15, 0.2) is 11.2 Å². The van der Waals surface area contributed by atoms with Crippen molar-refractivity contribution in [2.75, 3.05) is 12.9 Å². The van der Waals surface area contributed by atoms with Crippen molar-refractivity contribution in [2.45, 2.75) is 23.4 Å². The summed E-state index contributed by atoms with van der Waals surface area (Å²) in [5, 5.41) is 37.8. The zero-order valence-corrected chi connectivity index (χ0v) is 11.8. The molecule has 0 spiro atoms. The van der Waals surface area contributed by atoms with Crippen LogP contribution in [0.2, 0.25) is 0 Å². The van der Waals surface area contributed by atoms with E-state index >= 15 is 0 Å². The molecule has 1 aliphatic rings. The lowest BCUT2D eigenvalue weighted by molar-refractivity contribution is -0.0773. The maximum absolute atomic E-state index is 10.3. The topological polar surface area (TPSA) is 134 Å². The zero-order chi connectivity index (χ0) is 15.2. The summed E-state index contributed by atoms with van der Waals surface area (Å²) < 4.78 is 7.07. The number of aromatic hydroxyl groups is 1. The number of aliphatic hydroxyl groups excluding tert-OH is 3. The molecule has 21 heavy (non-hydrogen) atoms. The Bertz CT molecular complexity index is 667. The second kappa shape index (κ2) is 5.07. The predicted molar refractivity (Wildman–Crippen MR) is 72.4 cm³/mol. The fraction of sp³-hybridized carbons (Fsp3) is 0.545. The van der Waals surface area contributed by atoms with E-state index < -0.39 is 30.0 Å². The minimum Gasteiger partial charge on any atom is -0.492 e. The predicted octanol–water partition coefficient (Wildman–Crippen LogP) is -1.38. The second-order valence-electron chi connectivity index (χ2n) is 4.59. The number of aromatic nitrogens is 4. The Labute approximate surface area is 123 Å². The van der Waals surface area contributed by atoms with Crippen molar-refractivity contribution in [3.63, 3.8) is 0 Å². The van der Waals surface area contributed by atoms with Crippen LogP contribution in [0.1, 0.15) is 0 Å². The van der Waals surface area contributed by atoms with Gasteiger partial charge in [-0.15, -0.1) is 11.8 Å². The first kappa shape index (κ1) is 14.5. The van der Waals surface area contributed by atoms with Crippen molar-refractivity contribution in [3.05, 3.63) is 12.7 Å². The van der Waals surface area contributed by atoms with Crippen LogP contribution >= 0.6 is 11.8 Å².